The number of hydrogen-bond donors (Lipinski definition) is 0. The van der Waals surface area contributed by atoms with Crippen LogP contribution in [0.1, 0.15) is 26.2 Å². The Morgan fingerprint density at radius 2 is 1.66 bits per heavy atom. The first-order chi connectivity index (χ1) is 14.1. The minimum Gasteiger partial charge on any atom is -0.406 e. The summed E-state index contributed by atoms with van der Waals surface area (Å²) in [6.45, 7) is 2.55. The molecule has 0 radical (unpaired) electrons. The van der Waals surface area contributed by atoms with Crippen LogP contribution in [0.25, 0.3) is 0 Å². The van der Waals surface area contributed by atoms with Crippen LogP contribution in [0, 0.1) is 5.41 Å². The lowest BCUT2D eigenvalue weighted by Crippen LogP contribution is -2.64. The summed E-state index contributed by atoms with van der Waals surface area (Å²) in [6, 6.07) is 20.9. The Kier molecular flexibility index (Phi) is 8.04. The molecule has 29 heavy (non-hydrogen) atoms. The molecule has 0 unspecified atom stereocenters. The zero-order chi connectivity index (χ0) is 20.7. The van der Waals surface area contributed by atoms with Gasteiger partial charge in [0, 0.05) is 24.2 Å². The van der Waals surface area contributed by atoms with E-state index in [0.29, 0.717) is 13.0 Å². The number of ketones is 1. The number of Topliss-reactive ketones (excluding diaryl/α,β-unsaturated/α-hetero) is 1. The third-order valence-corrected chi connectivity index (χ3v) is 12.7. The Hall–Kier alpha value is -1.06. The van der Waals surface area contributed by atoms with Crippen molar-refractivity contribution in [3.05, 3.63) is 60.7 Å². The first-order valence-electron chi connectivity index (χ1n) is 10.0. The molecule has 0 heterocycles. The van der Waals surface area contributed by atoms with Crippen LogP contribution in [0.15, 0.2) is 60.7 Å². The molecule has 156 valence electrons. The Balaban J connectivity index is 1.94. The number of rotatable bonds is 9. The molecule has 0 aliphatic heterocycles. The number of carbonyl (C=O) groups is 1. The van der Waals surface area contributed by atoms with Gasteiger partial charge in [-0.05, 0) is 30.1 Å². The van der Waals surface area contributed by atoms with Gasteiger partial charge in [0.2, 0.25) is 0 Å². The van der Waals surface area contributed by atoms with E-state index in [2.05, 4.69) is 71.1 Å². The summed E-state index contributed by atoms with van der Waals surface area (Å²) >= 11 is 2.44. The molecule has 1 fully saturated rings. The Bertz CT molecular complexity index is 746. The van der Waals surface area contributed by atoms with E-state index in [1.165, 1.54) is 10.4 Å². The van der Waals surface area contributed by atoms with E-state index >= 15 is 0 Å². The normalized spacial score (nSPS) is 22.6. The van der Waals surface area contributed by atoms with Crippen LogP contribution in [0.2, 0.25) is 0 Å². The highest BCUT2D eigenvalue weighted by Gasteiger charge is 2.48. The van der Waals surface area contributed by atoms with Crippen LogP contribution in [0.5, 0.6) is 0 Å². The smallest absolute Gasteiger partial charge is 0.265 e. The highest BCUT2D eigenvalue weighted by molar-refractivity contribution is 14.1. The van der Waals surface area contributed by atoms with Crippen LogP contribution in [-0.4, -0.2) is 44.8 Å². The van der Waals surface area contributed by atoms with Gasteiger partial charge in [-0.25, -0.2) is 0 Å². The summed E-state index contributed by atoms with van der Waals surface area (Å²) in [6.07, 6.45) is 2.11. The number of methoxy groups -OCH3 is 1. The molecule has 0 amide bonds. The standard InChI is InChI=1S/C23H29IO4Si/c1-23(21(25)14-9-15-22(23)27-18-26-2)16-28-29(17-24,19-10-5-3-6-11-19)20-12-7-4-8-13-20/h3-8,10-13,22H,9,14-18H2,1-2H3/t22-,23-/m0/s1. The van der Waals surface area contributed by atoms with Crippen molar-refractivity contribution in [1.29, 1.82) is 0 Å². The molecule has 0 aromatic heterocycles. The minimum atomic E-state index is -2.50. The molecule has 1 aliphatic rings. The second kappa shape index (κ2) is 10.3. The van der Waals surface area contributed by atoms with Crippen molar-refractivity contribution in [3.8, 4) is 0 Å². The van der Waals surface area contributed by atoms with Gasteiger partial charge in [-0.2, -0.15) is 0 Å². The predicted octanol–water partition coefficient (Wildman–Crippen LogP) is 3.49. The lowest BCUT2D eigenvalue weighted by molar-refractivity contribution is -0.161. The van der Waals surface area contributed by atoms with Crippen LogP contribution < -0.4 is 10.4 Å². The molecule has 4 nitrogen and oxygen atoms in total. The lowest BCUT2D eigenvalue weighted by atomic mass is 9.73. The van der Waals surface area contributed by atoms with Crippen molar-refractivity contribution in [3.63, 3.8) is 0 Å². The van der Waals surface area contributed by atoms with Crippen LogP contribution in [0.4, 0.5) is 0 Å². The second-order valence-electron chi connectivity index (χ2n) is 7.78. The predicted molar refractivity (Wildman–Crippen MR) is 126 cm³/mol. The van der Waals surface area contributed by atoms with Gasteiger partial charge < -0.3 is 13.9 Å². The van der Waals surface area contributed by atoms with Crippen LogP contribution in [-0.2, 0) is 18.7 Å². The van der Waals surface area contributed by atoms with Gasteiger partial charge >= 0.3 is 0 Å². The molecule has 2 atom stereocenters. The third-order valence-electron chi connectivity index (χ3n) is 5.89. The fourth-order valence-electron chi connectivity index (χ4n) is 4.04. The molecule has 2 aromatic rings. The summed E-state index contributed by atoms with van der Waals surface area (Å²) in [5.74, 6) is 0.224. The van der Waals surface area contributed by atoms with E-state index in [9.17, 15) is 4.79 Å². The average Bonchev–Trinajstić information content (AvgIpc) is 2.77. The maximum absolute atomic E-state index is 13.0. The Morgan fingerprint density at radius 3 is 2.17 bits per heavy atom. The number of alkyl halides is 1. The van der Waals surface area contributed by atoms with E-state index in [4.69, 9.17) is 13.9 Å². The number of ether oxygens (including phenoxy) is 2. The Labute approximate surface area is 188 Å². The molecule has 3 rings (SSSR count). The van der Waals surface area contributed by atoms with E-state index < -0.39 is 13.7 Å². The van der Waals surface area contributed by atoms with E-state index in [-0.39, 0.29) is 18.7 Å². The van der Waals surface area contributed by atoms with Crippen LogP contribution >= 0.6 is 22.6 Å². The van der Waals surface area contributed by atoms with Gasteiger partial charge in [0.15, 0.2) is 0 Å². The van der Waals surface area contributed by atoms with Gasteiger partial charge in [0.05, 0.1) is 11.5 Å². The molecule has 0 N–H and O–H groups in total. The van der Waals surface area contributed by atoms with E-state index in [0.717, 1.165) is 16.9 Å². The molecule has 6 heteroatoms. The zero-order valence-electron chi connectivity index (χ0n) is 17.1. The van der Waals surface area contributed by atoms with Gasteiger partial charge in [0.1, 0.15) is 12.6 Å². The van der Waals surface area contributed by atoms with E-state index in [1.807, 2.05) is 19.1 Å². The summed E-state index contributed by atoms with van der Waals surface area (Å²) in [5, 5.41) is 2.45. The van der Waals surface area contributed by atoms with Crippen molar-refractivity contribution in [1.82, 2.24) is 0 Å². The zero-order valence-corrected chi connectivity index (χ0v) is 20.3. The summed E-state index contributed by atoms with van der Waals surface area (Å²) in [4.78, 5) is 13.0. The van der Waals surface area contributed by atoms with Gasteiger partial charge in [-0.15, -0.1) is 0 Å². The van der Waals surface area contributed by atoms with Crippen LogP contribution in [0.3, 0.4) is 0 Å². The fourth-order valence-corrected chi connectivity index (χ4v) is 10.4. The van der Waals surface area contributed by atoms with Crippen molar-refractivity contribution in [2.45, 2.75) is 32.3 Å². The molecule has 1 saturated carbocycles. The summed E-state index contributed by atoms with van der Waals surface area (Å²) in [7, 11) is -0.887. The maximum atomic E-state index is 13.0. The highest BCUT2D eigenvalue weighted by Crippen LogP contribution is 2.36. The average molecular weight is 524 g/mol. The largest absolute Gasteiger partial charge is 0.406 e. The molecule has 0 saturated heterocycles. The molecular weight excluding hydrogens is 495 g/mol. The molecule has 0 bridgehead atoms. The Morgan fingerprint density at radius 1 is 1.07 bits per heavy atom. The molecule has 0 spiro atoms. The number of carbonyl (C=O) groups excluding carboxylic acids is 1. The van der Waals surface area contributed by atoms with Crippen molar-refractivity contribution >= 4 is 47.1 Å². The molecule has 1 aliphatic carbocycles. The number of halogens is 1. The monoisotopic (exact) mass is 524 g/mol. The first kappa shape index (κ1) is 22.6. The SMILES string of the molecule is COCO[C@H]1CCCC(=O)[C@]1(C)CO[Si](CI)(c1ccccc1)c1ccccc1. The number of benzene rings is 2. The van der Waals surface area contributed by atoms with Crippen molar-refractivity contribution in [2.75, 3.05) is 24.6 Å². The summed E-state index contributed by atoms with van der Waals surface area (Å²) < 4.78 is 18.8. The maximum Gasteiger partial charge on any atom is 0.265 e. The number of hydrogen-bond acceptors (Lipinski definition) is 4. The molecule has 2 aromatic carbocycles. The summed E-state index contributed by atoms with van der Waals surface area (Å²) in [5.41, 5.74) is -0.662. The van der Waals surface area contributed by atoms with Gasteiger partial charge in [0.25, 0.3) is 8.32 Å². The van der Waals surface area contributed by atoms with Crippen molar-refractivity contribution < 1.29 is 18.7 Å². The third kappa shape index (κ3) is 4.82. The highest BCUT2D eigenvalue weighted by atomic mass is 127. The fraction of sp³-hybridized carbons (Fsp3) is 0.435. The van der Waals surface area contributed by atoms with Gasteiger partial charge in [-0.1, -0.05) is 83.3 Å². The topological polar surface area (TPSA) is 44.8 Å². The second-order valence-corrected chi connectivity index (χ2v) is 13.4. The van der Waals surface area contributed by atoms with Crippen molar-refractivity contribution in [2.24, 2.45) is 5.41 Å². The quantitative estimate of drug-likeness (QED) is 0.218. The lowest BCUT2D eigenvalue weighted by Gasteiger charge is -2.42. The minimum absolute atomic E-state index is 0.184. The van der Waals surface area contributed by atoms with Gasteiger partial charge in [-0.3, -0.25) is 4.79 Å². The van der Waals surface area contributed by atoms with E-state index in [1.54, 1.807) is 7.11 Å². The first-order valence-corrected chi connectivity index (χ1v) is 13.7. The molecular formula is C23H29IO4Si.